The fraction of sp³-hybridized carbons (Fsp3) is 0.577. The lowest BCUT2D eigenvalue weighted by Gasteiger charge is -2.21. The highest BCUT2D eigenvalue weighted by atomic mass is 16.7. The fourth-order valence-corrected chi connectivity index (χ4v) is 4.35. The molecule has 39 heavy (non-hydrogen) atoms. The lowest BCUT2D eigenvalue weighted by molar-refractivity contribution is -0.150. The summed E-state index contributed by atoms with van der Waals surface area (Å²) >= 11 is 0. The molecule has 2 aliphatic rings. The molecule has 13 nitrogen and oxygen atoms in total. The number of amidine groups is 1. The number of ether oxygens (including phenoxy) is 1. The van der Waals surface area contributed by atoms with Crippen molar-refractivity contribution in [3.8, 4) is 0 Å². The van der Waals surface area contributed by atoms with Gasteiger partial charge in [0, 0.05) is 37.4 Å². The van der Waals surface area contributed by atoms with E-state index in [1.807, 2.05) is 19.0 Å². The van der Waals surface area contributed by atoms with Crippen LogP contribution in [0.5, 0.6) is 0 Å². The second kappa shape index (κ2) is 14.9. The summed E-state index contributed by atoms with van der Waals surface area (Å²) in [5, 5.41) is 11.5. The van der Waals surface area contributed by atoms with Gasteiger partial charge in [-0.1, -0.05) is 11.6 Å². The average molecular weight is 546 g/mol. The van der Waals surface area contributed by atoms with Gasteiger partial charge in [-0.05, 0) is 70.5 Å². The minimum absolute atomic E-state index is 0.0101. The molecule has 1 unspecified atom stereocenters. The zero-order chi connectivity index (χ0) is 28.2. The highest BCUT2D eigenvalue weighted by Gasteiger charge is 2.33. The minimum atomic E-state index is -0.707. The van der Waals surface area contributed by atoms with Crippen LogP contribution in [0.2, 0.25) is 0 Å². The summed E-state index contributed by atoms with van der Waals surface area (Å²) in [6.07, 6.45) is 4.92. The predicted molar refractivity (Wildman–Crippen MR) is 145 cm³/mol. The molecule has 1 aliphatic heterocycles. The van der Waals surface area contributed by atoms with E-state index < -0.39 is 18.2 Å². The third-order valence-corrected chi connectivity index (χ3v) is 6.51. The maximum atomic E-state index is 12.9. The number of likely N-dealkylation sites (N-methyl/N-ethyl adjacent to an activating group) is 1. The summed E-state index contributed by atoms with van der Waals surface area (Å²) in [6.45, 7) is 1.62. The number of anilines is 1. The predicted octanol–water partition coefficient (Wildman–Crippen LogP) is 1.27. The largest absolute Gasteiger partial charge is 0.462 e. The normalized spacial score (nSPS) is 18.1. The van der Waals surface area contributed by atoms with Crippen LogP contribution < -0.4 is 26.6 Å². The van der Waals surface area contributed by atoms with Crippen molar-refractivity contribution < 1.29 is 28.8 Å². The lowest BCUT2D eigenvalue weighted by atomic mass is 9.98. The number of amides is 4. The van der Waals surface area contributed by atoms with Crippen molar-refractivity contribution in [3.63, 3.8) is 0 Å². The van der Waals surface area contributed by atoms with E-state index in [1.54, 1.807) is 29.2 Å². The van der Waals surface area contributed by atoms with Crippen molar-refractivity contribution in [2.45, 2.75) is 57.1 Å². The van der Waals surface area contributed by atoms with Gasteiger partial charge in [-0.2, -0.15) is 0 Å². The van der Waals surface area contributed by atoms with Crippen LogP contribution in [0, 0.1) is 0 Å². The maximum absolute atomic E-state index is 12.9. The Morgan fingerprint density at radius 3 is 2.46 bits per heavy atom. The summed E-state index contributed by atoms with van der Waals surface area (Å²) < 4.78 is 5.44. The van der Waals surface area contributed by atoms with Gasteiger partial charge in [0.1, 0.15) is 12.1 Å². The molecule has 1 saturated carbocycles. The number of carbonyl (C=O) groups is 4. The summed E-state index contributed by atoms with van der Waals surface area (Å²) in [5.74, 6) is -0.556. The highest BCUT2D eigenvalue weighted by Crippen LogP contribution is 2.22. The Bertz CT molecular complexity index is 1020. The summed E-state index contributed by atoms with van der Waals surface area (Å²) in [7, 11) is 3.77. The number of nitrogens with two attached hydrogens (primary N) is 1. The molecule has 4 amide bonds. The van der Waals surface area contributed by atoms with Crippen LogP contribution in [-0.4, -0.2) is 87.2 Å². The minimum Gasteiger partial charge on any atom is -0.462 e. The SMILES string of the molecule is CN(C)CCNC(=O)O/N=C(\N)c1ccc(N2CCC(NC(=O)NCCC(=O)OC3CCCCC3)C2=O)cc1. The van der Waals surface area contributed by atoms with Crippen molar-refractivity contribution in [1.82, 2.24) is 20.9 Å². The molecule has 1 atom stereocenters. The Morgan fingerprint density at radius 1 is 1.05 bits per heavy atom. The molecule has 0 radical (unpaired) electrons. The second-order valence-electron chi connectivity index (χ2n) is 9.86. The molecule has 1 aromatic carbocycles. The van der Waals surface area contributed by atoms with Crippen molar-refractivity contribution in [3.05, 3.63) is 29.8 Å². The van der Waals surface area contributed by atoms with Crippen LogP contribution >= 0.6 is 0 Å². The van der Waals surface area contributed by atoms with E-state index in [1.165, 1.54) is 6.42 Å². The number of nitrogens with zero attached hydrogens (tertiary/aromatic N) is 3. The van der Waals surface area contributed by atoms with E-state index >= 15 is 0 Å². The molecule has 1 saturated heterocycles. The highest BCUT2D eigenvalue weighted by molar-refractivity contribution is 6.02. The monoisotopic (exact) mass is 545 g/mol. The van der Waals surface area contributed by atoms with Crippen molar-refractivity contribution >= 4 is 35.5 Å². The number of nitrogens with one attached hydrogen (secondary N) is 3. The quantitative estimate of drug-likeness (QED) is 0.106. The van der Waals surface area contributed by atoms with E-state index in [2.05, 4.69) is 21.1 Å². The third-order valence-electron chi connectivity index (χ3n) is 6.51. The molecule has 0 aromatic heterocycles. The first-order valence-electron chi connectivity index (χ1n) is 13.3. The average Bonchev–Trinajstić information content (AvgIpc) is 3.27. The second-order valence-corrected chi connectivity index (χ2v) is 9.86. The summed E-state index contributed by atoms with van der Waals surface area (Å²) in [4.78, 5) is 57.0. The smallest absolute Gasteiger partial charge is 0.433 e. The molecular weight excluding hydrogens is 506 g/mol. The molecule has 214 valence electrons. The van der Waals surface area contributed by atoms with Gasteiger partial charge in [0.15, 0.2) is 5.84 Å². The van der Waals surface area contributed by atoms with Gasteiger partial charge < -0.3 is 36.2 Å². The van der Waals surface area contributed by atoms with Gasteiger partial charge in [-0.25, -0.2) is 9.59 Å². The van der Waals surface area contributed by atoms with Crippen LogP contribution in [0.1, 0.15) is 50.5 Å². The Hall–Kier alpha value is -3.87. The van der Waals surface area contributed by atoms with Crippen molar-refractivity contribution in [1.29, 1.82) is 0 Å². The van der Waals surface area contributed by atoms with Gasteiger partial charge in [0.2, 0.25) is 5.91 Å². The number of carbonyl (C=O) groups excluding carboxylic acids is 4. The molecule has 5 N–H and O–H groups in total. The van der Waals surface area contributed by atoms with Gasteiger partial charge in [-0.3, -0.25) is 14.4 Å². The zero-order valence-electron chi connectivity index (χ0n) is 22.6. The molecule has 0 bridgehead atoms. The van der Waals surface area contributed by atoms with E-state index in [-0.39, 0.29) is 36.8 Å². The van der Waals surface area contributed by atoms with Crippen LogP contribution in [0.25, 0.3) is 0 Å². The first kappa shape index (κ1) is 29.7. The van der Waals surface area contributed by atoms with Gasteiger partial charge in [0.25, 0.3) is 0 Å². The topological polar surface area (TPSA) is 168 Å². The molecule has 1 aromatic rings. The van der Waals surface area contributed by atoms with E-state index in [4.69, 9.17) is 15.3 Å². The first-order valence-corrected chi connectivity index (χ1v) is 13.3. The van der Waals surface area contributed by atoms with Crippen molar-refractivity contribution in [2.24, 2.45) is 10.9 Å². The van der Waals surface area contributed by atoms with Gasteiger partial charge in [0.05, 0.1) is 6.42 Å². The first-order chi connectivity index (χ1) is 18.7. The number of hydrogen-bond acceptors (Lipinski definition) is 8. The Balaban J connectivity index is 1.40. The molecule has 2 fully saturated rings. The summed E-state index contributed by atoms with van der Waals surface area (Å²) in [5.41, 5.74) is 7.06. The van der Waals surface area contributed by atoms with Gasteiger partial charge >= 0.3 is 18.1 Å². The molecular formula is C26H39N7O6. The Labute approximate surface area is 228 Å². The van der Waals surface area contributed by atoms with E-state index in [9.17, 15) is 19.2 Å². The lowest BCUT2D eigenvalue weighted by Crippen LogP contribution is -2.46. The summed E-state index contributed by atoms with van der Waals surface area (Å²) in [6, 6.07) is 5.54. The van der Waals surface area contributed by atoms with Crippen LogP contribution in [0.15, 0.2) is 29.4 Å². The maximum Gasteiger partial charge on any atom is 0.433 e. The molecule has 1 aliphatic carbocycles. The number of hydrogen-bond donors (Lipinski definition) is 4. The molecule has 3 rings (SSSR count). The van der Waals surface area contributed by atoms with Gasteiger partial charge in [-0.15, -0.1) is 0 Å². The Morgan fingerprint density at radius 2 is 1.77 bits per heavy atom. The van der Waals surface area contributed by atoms with Crippen LogP contribution in [0.4, 0.5) is 15.3 Å². The number of benzene rings is 1. The van der Waals surface area contributed by atoms with Crippen LogP contribution in [-0.2, 0) is 19.2 Å². The number of rotatable bonds is 11. The van der Waals surface area contributed by atoms with Crippen molar-refractivity contribution in [2.75, 3.05) is 45.2 Å². The van der Waals surface area contributed by atoms with E-state index in [0.29, 0.717) is 37.3 Å². The third kappa shape index (κ3) is 9.74. The van der Waals surface area contributed by atoms with Crippen LogP contribution in [0.3, 0.4) is 0 Å². The molecule has 13 heteroatoms. The molecule has 0 spiro atoms. The zero-order valence-corrected chi connectivity index (χ0v) is 22.6. The molecule has 1 heterocycles. The fourth-order valence-electron chi connectivity index (χ4n) is 4.35. The standard InChI is InChI=1S/C26H39N7O6/c1-32(2)17-15-29-26(37)39-31-23(27)18-8-10-19(11-9-18)33-16-13-21(24(33)35)30-25(36)28-14-12-22(34)38-20-6-4-3-5-7-20/h8-11,20-21H,3-7,12-17H2,1-2H3,(H2,27,31)(H,29,37)(H2,28,30,36). The van der Waals surface area contributed by atoms with E-state index in [0.717, 1.165) is 25.7 Å². The number of urea groups is 1. The number of oxime groups is 1. The Kier molecular flexibility index (Phi) is 11.3. The number of esters is 1.